The molecule has 0 saturated carbocycles. The van der Waals surface area contributed by atoms with E-state index in [0.717, 1.165) is 12.8 Å². The number of ketones is 1. The van der Waals surface area contributed by atoms with E-state index in [1.165, 1.54) is 6.92 Å². The largest absolute Gasteiger partial charge is 0.390 e. The molecule has 0 aliphatic carbocycles. The van der Waals surface area contributed by atoms with Gasteiger partial charge in [0.1, 0.15) is 11.7 Å². The van der Waals surface area contributed by atoms with Gasteiger partial charge in [0.2, 0.25) is 5.91 Å². The van der Waals surface area contributed by atoms with Crippen molar-refractivity contribution in [3.63, 3.8) is 0 Å². The van der Waals surface area contributed by atoms with Crippen molar-refractivity contribution in [3.8, 4) is 0 Å². The van der Waals surface area contributed by atoms with Gasteiger partial charge in [-0.15, -0.1) is 0 Å². The van der Waals surface area contributed by atoms with Gasteiger partial charge in [-0.2, -0.15) is 12.6 Å². The minimum Gasteiger partial charge on any atom is -0.390 e. The number of aliphatic hydroxyl groups is 1. The number of thiol groups is 1. The van der Waals surface area contributed by atoms with Crippen molar-refractivity contribution in [2.24, 2.45) is 11.8 Å². The Morgan fingerprint density at radius 2 is 2.11 bits per heavy atom. The zero-order valence-electron chi connectivity index (χ0n) is 11.2. The van der Waals surface area contributed by atoms with Crippen molar-refractivity contribution in [1.29, 1.82) is 0 Å². The van der Waals surface area contributed by atoms with Crippen molar-refractivity contribution >= 4 is 24.3 Å². The summed E-state index contributed by atoms with van der Waals surface area (Å²) in [6.07, 6.45) is 1.61. The highest BCUT2D eigenvalue weighted by atomic mass is 32.1. The molecule has 1 fully saturated rings. The molecule has 0 aromatic heterocycles. The molecule has 0 bridgehead atoms. The first-order valence-electron chi connectivity index (χ1n) is 6.50. The molecule has 1 aliphatic heterocycles. The maximum absolute atomic E-state index is 11.5. The van der Waals surface area contributed by atoms with E-state index in [0.29, 0.717) is 12.3 Å². The van der Waals surface area contributed by atoms with E-state index in [9.17, 15) is 14.7 Å². The van der Waals surface area contributed by atoms with Gasteiger partial charge in [0.05, 0.1) is 12.1 Å². The molecule has 0 radical (unpaired) electrons. The van der Waals surface area contributed by atoms with Crippen molar-refractivity contribution in [1.82, 2.24) is 5.32 Å². The first-order chi connectivity index (χ1) is 8.32. The molecule has 1 saturated heterocycles. The highest BCUT2D eigenvalue weighted by molar-refractivity contribution is 7.80. The number of amides is 1. The van der Waals surface area contributed by atoms with Gasteiger partial charge in [0, 0.05) is 5.25 Å². The molecule has 4 unspecified atom stereocenters. The van der Waals surface area contributed by atoms with Crippen molar-refractivity contribution in [2.75, 3.05) is 0 Å². The van der Waals surface area contributed by atoms with Crippen molar-refractivity contribution in [2.45, 2.75) is 57.4 Å². The summed E-state index contributed by atoms with van der Waals surface area (Å²) in [7, 11) is 0. The van der Waals surface area contributed by atoms with Crippen LogP contribution in [0.2, 0.25) is 0 Å². The van der Waals surface area contributed by atoms with E-state index in [1.54, 1.807) is 0 Å². The number of nitrogens with one attached hydrogen (secondary N) is 1. The van der Waals surface area contributed by atoms with E-state index in [-0.39, 0.29) is 23.0 Å². The monoisotopic (exact) mass is 273 g/mol. The molecule has 2 N–H and O–H groups in total. The first-order valence-corrected chi connectivity index (χ1v) is 7.01. The zero-order chi connectivity index (χ0) is 13.9. The Hall–Kier alpha value is -0.550. The van der Waals surface area contributed by atoms with Crippen molar-refractivity contribution < 1.29 is 14.7 Å². The summed E-state index contributed by atoms with van der Waals surface area (Å²) in [5, 5.41) is 12.9. The normalized spacial score (nSPS) is 29.4. The van der Waals surface area contributed by atoms with Gasteiger partial charge < -0.3 is 10.4 Å². The van der Waals surface area contributed by atoms with E-state index >= 15 is 0 Å². The fourth-order valence-electron chi connectivity index (χ4n) is 2.45. The fraction of sp³-hybridized carbons (Fsp3) is 0.846. The summed E-state index contributed by atoms with van der Waals surface area (Å²) in [5.74, 6) is -0.925. The Morgan fingerprint density at radius 3 is 2.56 bits per heavy atom. The lowest BCUT2D eigenvalue weighted by atomic mass is 9.94. The quantitative estimate of drug-likeness (QED) is 0.503. The third-order valence-corrected chi connectivity index (χ3v) is 3.83. The van der Waals surface area contributed by atoms with Gasteiger partial charge in [-0.1, -0.05) is 13.8 Å². The smallest absolute Gasteiger partial charge is 0.233 e. The summed E-state index contributed by atoms with van der Waals surface area (Å²) in [4.78, 5) is 22.8. The second-order valence-electron chi connectivity index (χ2n) is 5.55. The maximum atomic E-state index is 11.5. The first kappa shape index (κ1) is 15.5. The molecule has 1 amide bonds. The Bertz CT molecular complexity index is 319. The van der Waals surface area contributed by atoms with Crippen LogP contribution in [0.1, 0.15) is 40.0 Å². The van der Waals surface area contributed by atoms with E-state index < -0.39 is 12.0 Å². The summed E-state index contributed by atoms with van der Waals surface area (Å²) >= 11 is 4.50. The number of hydrogen-bond acceptors (Lipinski definition) is 4. The van der Waals surface area contributed by atoms with Crippen LogP contribution in [-0.2, 0) is 9.59 Å². The molecule has 0 aromatic carbocycles. The Balaban J connectivity index is 2.45. The Kier molecular flexibility index (Phi) is 5.66. The summed E-state index contributed by atoms with van der Waals surface area (Å²) in [5.41, 5.74) is 0. The van der Waals surface area contributed by atoms with Crippen LogP contribution in [0.25, 0.3) is 0 Å². The lowest BCUT2D eigenvalue weighted by molar-refractivity contribution is -0.132. The van der Waals surface area contributed by atoms with E-state index in [1.807, 2.05) is 0 Å². The lowest BCUT2D eigenvalue weighted by Gasteiger charge is -2.19. The predicted octanol–water partition coefficient (Wildman–Crippen LogP) is 1.18. The number of hydrogen-bond donors (Lipinski definition) is 3. The van der Waals surface area contributed by atoms with Gasteiger partial charge >= 0.3 is 0 Å². The van der Waals surface area contributed by atoms with Gasteiger partial charge in [-0.25, -0.2) is 0 Å². The van der Waals surface area contributed by atoms with Gasteiger partial charge in [-0.05, 0) is 32.1 Å². The summed E-state index contributed by atoms with van der Waals surface area (Å²) in [6.45, 7) is 5.62. The Morgan fingerprint density at radius 1 is 1.50 bits per heavy atom. The van der Waals surface area contributed by atoms with Crippen LogP contribution >= 0.6 is 12.6 Å². The third kappa shape index (κ3) is 3.99. The highest BCUT2D eigenvalue weighted by Crippen LogP contribution is 2.23. The number of aliphatic hydroxyl groups excluding tert-OH is 1. The van der Waals surface area contributed by atoms with Crippen LogP contribution < -0.4 is 5.32 Å². The zero-order valence-corrected chi connectivity index (χ0v) is 12.1. The van der Waals surface area contributed by atoms with E-state index in [2.05, 4.69) is 31.8 Å². The van der Waals surface area contributed by atoms with Crippen LogP contribution in [0.4, 0.5) is 0 Å². The second-order valence-corrected chi connectivity index (χ2v) is 6.29. The molecule has 1 aliphatic rings. The predicted molar refractivity (Wildman–Crippen MR) is 73.6 cm³/mol. The maximum Gasteiger partial charge on any atom is 0.233 e. The third-order valence-electron chi connectivity index (χ3n) is 3.36. The molecule has 0 spiro atoms. The van der Waals surface area contributed by atoms with Crippen LogP contribution in [0.15, 0.2) is 0 Å². The number of carbonyl (C=O) groups excluding carboxylic acids is 2. The molecule has 1 rings (SSSR count). The SMILES string of the molecule is CC(=O)C1C(=O)NC(CCC(S)CC(C)C)C1O. The van der Waals surface area contributed by atoms with Crippen LogP contribution in [0.5, 0.6) is 0 Å². The molecule has 18 heavy (non-hydrogen) atoms. The van der Waals surface area contributed by atoms with Crippen LogP contribution in [0.3, 0.4) is 0 Å². The molecule has 4 nitrogen and oxygen atoms in total. The second kappa shape index (κ2) is 6.57. The fourth-order valence-corrected chi connectivity index (χ4v) is 3.02. The highest BCUT2D eigenvalue weighted by Gasteiger charge is 2.43. The van der Waals surface area contributed by atoms with Crippen molar-refractivity contribution in [3.05, 3.63) is 0 Å². The molecular weight excluding hydrogens is 250 g/mol. The van der Waals surface area contributed by atoms with Gasteiger partial charge in [0.15, 0.2) is 0 Å². The number of carbonyl (C=O) groups is 2. The molecule has 4 atom stereocenters. The van der Waals surface area contributed by atoms with Crippen LogP contribution in [0, 0.1) is 11.8 Å². The minimum absolute atomic E-state index is 0.269. The Labute approximate surface area is 114 Å². The number of rotatable bonds is 6. The topological polar surface area (TPSA) is 66.4 Å². The summed E-state index contributed by atoms with van der Waals surface area (Å²) < 4.78 is 0. The number of Topliss-reactive ketones (excluding diaryl/α,β-unsaturated/α-hetero) is 1. The van der Waals surface area contributed by atoms with Crippen LogP contribution in [-0.4, -0.2) is 34.2 Å². The van der Waals surface area contributed by atoms with Gasteiger partial charge in [-0.3, -0.25) is 9.59 Å². The summed E-state index contributed by atoms with van der Waals surface area (Å²) in [6, 6.07) is -0.312. The molecule has 1 heterocycles. The molecule has 0 aromatic rings. The standard InChI is InChI=1S/C13H23NO3S/c1-7(2)6-9(18)4-5-10-12(16)11(8(3)15)13(17)14-10/h7,9-12,16,18H,4-6H2,1-3H3,(H,14,17). The lowest BCUT2D eigenvalue weighted by Crippen LogP contribution is -2.33. The van der Waals surface area contributed by atoms with Gasteiger partial charge in [0.25, 0.3) is 0 Å². The van der Waals surface area contributed by atoms with E-state index in [4.69, 9.17) is 0 Å². The molecule has 5 heteroatoms. The average molecular weight is 273 g/mol. The minimum atomic E-state index is -0.894. The molecular formula is C13H23NO3S. The average Bonchev–Trinajstić information content (AvgIpc) is 2.49. The molecule has 104 valence electrons.